The van der Waals surface area contributed by atoms with E-state index in [4.69, 9.17) is 9.47 Å². The maximum atomic E-state index is 12.7. The van der Waals surface area contributed by atoms with Crippen molar-refractivity contribution in [1.29, 1.82) is 0 Å². The largest absolute Gasteiger partial charge is 0.452 e. The van der Waals surface area contributed by atoms with Crippen LogP contribution in [0.5, 0.6) is 0 Å². The molecule has 1 N–H and O–H groups in total. The van der Waals surface area contributed by atoms with Crippen molar-refractivity contribution in [2.45, 2.75) is 38.9 Å². The van der Waals surface area contributed by atoms with E-state index >= 15 is 0 Å². The van der Waals surface area contributed by atoms with E-state index in [2.05, 4.69) is 4.98 Å². The number of nitrogens with one attached hydrogen (secondary N) is 1. The highest BCUT2D eigenvalue weighted by atomic mass is 16.6. The molecule has 0 unspecified atom stereocenters. The van der Waals surface area contributed by atoms with Gasteiger partial charge in [-0.2, -0.15) is 0 Å². The fourth-order valence-corrected chi connectivity index (χ4v) is 2.86. The number of hydrogen-bond donors (Lipinski definition) is 1. The third kappa shape index (κ3) is 2.64. The highest BCUT2D eigenvalue weighted by Crippen LogP contribution is 2.24. The summed E-state index contributed by atoms with van der Waals surface area (Å²) in [6, 6.07) is 7.60. The summed E-state index contributed by atoms with van der Waals surface area (Å²) < 4.78 is 10.6. The van der Waals surface area contributed by atoms with Gasteiger partial charge in [-0.1, -0.05) is 18.2 Å². The van der Waals surface area contributed by atoms with Crippen molar-refractivity contribution in [3.8, 4) is 0 Å². The van der Waals surface area contributed by atoms with Gasteiger partial charge in [0.2, 0.25) is 5.78 Å². The first-order valence-electron chi connectivity index (χ1n) is 7.51. The highest BCUT2D eigenvalue weighted by Gasteiger charge is 2.30. The minimum atomic E-state index is -0.824. The predicted octanol–water partition coefficient (Wildman–Crippen LogP) is 2.77. The zero-order valence-electron chi connectivity index (χ0n) is 12.7. The van der Waals surface area contributed by atoms with Crippen molar-refractivity contribution in [2.75, 3.05) is 6.61 Å². The molecule has 2 aromatic rings. The van der Waals surface area contributed by atoms with E-state index in [9.17, 15) is 9.59 Å². The second kappa shape index (κ2) is 5.93. The lowest BCUT2D eigenvalue weighted by Crippen LogP contribution is -2.30. The maximum absolute atomic E-state index is 12.7. The van der Waals surface area contributed by atoms with Gasteiger partial charge in [-0.05, 0) is 32.8 Å². The molecule has 1 aliphatic heterocycles. The normalized spacial score (nSPS) is 19.3. The summed E-state index contributed by atoms with van der Waals surface area (Å²) in [5.74, 6) is -0.642. The third-order valence-electron chi connectivity index (χ3n) is 3.99. The molecule has 22 heavy (non-hydrogen) atoms. The van der Waals surface area contributed by atoms with Crippen LogP contribution in [0.2, 0.25) is 0 Å². The van der Waals surface area contributed by atoms with Gasteiger partial charge in [-0.15, -0.1) is 0 Å². The van der Waals surface area contributed by atoms with Gasteiger partial charge in [0.1, 0.15) is 0 Å². The first-order valence-corrected chi connectivity index (χ1v) is 7.51. The zero-order chi connectivity index (χ0) is 15.7. The smallest absolute Gasteiger partial charge is 0.335 e. The Morgan fingerprint density at radius 2 is 2.14 bits per heavy atom. The minimum absolute atomic E-state index is 0.193. The molecule has 2 heterocycles. The SMILES string of the molecule is Cc1[nH]c2ccccc2c1C(=O)[C@H](C)OC(=O)[C@H]1CCCO1. The molecule has 1 aliphatic rings. The molecule has 1 saturated heterocycles. The average molecular weight is 301 g/mol. The molecule has 1 aromatic carbocycles. The molecule has 0 amide bonds. The number of hydrogen-bond acceptors (Lipinski definition) is 4. The number of ketones is 1. The molecular weight excluding hydrogens is 282 g/mol. The summed E-state index contributed by atoms with van der Waals surface area (Å²) in [6.45, 7) is 4.03. The lowest BCUT2D eigenvalue weighted by atomic mass is 10.0. The third-order valence-corrected chi connectivity index (χ3v) is 3.99. The Morgan fingerprint density at radius 3 is 2.86 bits per heavy atom. The Bertz CT molecular complexity index is 713. The van der Waals surface area contributed by atoms with Crippen LogP contribution < -0.4 is 0 Å². The second-order valence-electron chi connectivity index (χ2n) is 5.62. The first kappa shape index (κ1) is 14.8. The van der Waals surface area contributed by atoms with E-state index in [0.717, 1.165) is 23.0 Å². The molecule has 5 heteroatoms. The van der Waals surface area contributed by atoms with Crippen molar-refractivity contribution >= 4 is 22.7 Å². The van der Waals surface area contributed by atoms with Crippen molar-refractivity contribution in [2.24, 2.45) is 0 Å². The molecule has 1 fully saturated rings. The number of fused-ring (bicyclic) bond motifs is 1. The summed E-state index contributed by atoms with van der Waals surface area (Å²) in [7, 11) is 0. The van der Waals surface area contributed by atoms with E-state index in [1.165, 1.54) is 0 Å². The molecule has 2 atom stereocenters. The Labute approximate surface area is 128 Å². The number of H-pyrrole nitrogens is 1. The fraction of sp³-hybridized carbons (Fsp3) is 0.412. The number of carbonyl (C=O) groups is 2. The van der Waals surface area contributed by atoms with Gasteiger partial charge < -0.3 is 14.5 Å². The van der Waals surface area contributed by atoms with Crippen LogP contribution in [0, 0.1) is 6.92 Å². The molecular formula is C17H19NO4. The molecule has 0 aliphatic carbocycles. The van der Waals surface area contributed by atoms with Crippen LogP contribution in [0.4, 0.5) is 0 Å². The van der Waals surface area contributed by atoms with E-state index < -0.39 is 18.2 Å². The second-order valence-corrected chi connectivity index (χ2v) is 5.62. The van der Waals surface area contributed by atoms with Gasteiger partial charge in [0.05, 0.1) is 0 Å². The Kier molecular flexibility index (Phi) is 3.98. The summed E-state index contributed by atoms with van der Waals surface area (Å²) in [6.07, 6.45) is 0.157. The van der Waals surface area contributed by atoms with Crippen LogP contribution in [0.25, 0.3) is 10.9 Å². The standard InChI is InChI=1S/C17H19NO4/c1-10-15(12-6-3-4-7-13(12)18-10)16(19)11(2)22-17(20)14-8-5-9-21-14/h3-4,6-7,11,14,18H,5,8-9H2,1-2H3/t11-,14+/m0/s1. The van der Waals surface area contributed by atoms with Crippen LogP contribution in [-0.2, 0) is 14.3 Å². The number of aryl methyl sites for hydroxylation is 1. The van der Waals surface area contributed by atoms with Crippen molar-refractivity contribution in [3.05, 3.63) is 35.5 Å². The lowest BCUT2D eigenvalue weighted by molar-refractivity contribution is -0.156. The molecule has 0 saturated carbocycles. The van der Waals surface area contributed by atoms with Crippen LogP contribution >= 0.6 is 0 Å². The summed E-state index contributed by atoms with van der Waals surface area (Å²) in [4.78, 5) is 27.8. The number of benzene rings is 1. The lowest BCUT2D eigenvalue weighted by Gasteiger charge is -2.15. The molecule has 0 bridgehead atoms. The van der Waals surface area contributed by atoms with Crippen LogP contribution in [0.15, 0.2) is 24.3 Å². The Morgan fingerprint density at radius 1 is 1.36 bits per heavy atom. The monoisotopic (exact) mass is 301 g/mol. The first-order chi connectivity index (χ1) is 10.6. The maximum Gasteiger partial charge on any atom is 0.335 e. The topological polar surface area (TPSA) is 68.4 Å². The fourth-order valence-electron chi connectivity index (χ4n) is 2.86. The average Bonchev–Trinajstić information content (AvgIpc) is 3.13. The van der Waals surface area contributed by atoms with Crippen LogP contribution in [0.3, 0.4) is 0 Å². The molecule has 5 nitrogen and oxygen atoms in total. The molecule has 1 aromatic heterocycles. The van der Waals surface area contributed by atoms with E-state index in [1.807, 2.05) is 31.2 Å². The number of esters is 1. The quantitative estimate of drug-likeness (QED) is 0.696. The number of aromatic amines is 1. The van der Waals surface area contributed by atoms with Crippen LogP contribution in [0.1, 0.15) is 35.8 Å². The number of Topliss-reactive ketones (excluding diaryl/α,β-unsaturated/α-hetero) is 1. The minimum Gasteiger partial charge on any atom is -0.452 e. The predicted molar refractivity (Wildman–Crippen MR) is 81.9 cm³/mol. The van der Waals surface area contributed by atoms with E-state index in [0.29, 0.717) is 18.6 Å². The van der Waals surface area contributed by atoms with E-state index in [-0.39, 0.29) is 5.78 Å². The Hall–Kier alpha value is -2.14. The van der Waals surface area contributed by atoms with Crippen LogP contribution in [-0.4, -0.2) is 35.6 Å². The number of ether oxygens (including phenoxy) is 2. The Balaban J connectivity index is 1.79. The number of rotatable bonds is 4. The van der Waals surface area contributed by atoms with Crippen molar-refractivity contribution in [1.82, 2.24) is 4.98 Å². The van der Waals surface area contributed by atoms with Gasteiger partial charge in [-0.3, -0.25) is 4.79 Å². The molecule has 0 spiro atoms. The van der Waals surface area contributed by atoms with Gasteiger partial charge in [0.25, 0.3) is 0 Å². The molecule has 3 rings (SSSR count). The molecule has 116 valence electrons. The number of para-hydroxylation sites is 1. The van der Waals surface area contributed by atoms with Crippen molar-refractivity contribution in [3.63, 3.8) is 0 Å². The van der Waals surface area contributed by atoms with E-state index in [1.54, 1.807) is 6.92 Å². The van der Waals surface area contributed by atoms with Gasteiger partial charge >= 0.3 is 5.97 Å². The van der Waals surface area contributed by atoms with Crippen molar-refractivity contribution < 1.29 is 19.1 Å². The number of carbonyl (C=O) groups excluding carboxylic acids is 2. The highest BCUT2D eigenvalue weighted by molar-refractivity contribution is 6.11. The summed E-state index contributed by atoms with van der Waals surface area (Å²) in [5, 5.41) is 0.852. The van der Waals surface area contributed by atoms with Gasteiger partial charge in [-0.25, -0.2) is 4.79 Å². The summed E-state index contributed by atoms with van der Waals surface area (Å²) >= 11 is 0. The van der Waals surface area contributed by atoms with Gasteiger partial charge in [0.15, 0.2) is 12.2 Å². The molecule has 0 radical (unpaired) electrons. The van der Waals surface area contributed by atoms with Gasteiger partial charge in [0, 0.05) is 28.8 Å². The number of aromatic nitrogens is 1. The summed E-state index contributed by atoms with van der Waals surface area (Å²) in [5.41, 5.74) is 2.27. The zero-order valence-corrected chi connectivity index (χ0v) is 12.7.